The Hall–Kier alpha value is -1.49. The fraction of sp³-hybridized carbons (Fsp3) is 0.462. The first-order valence-electron chi connectivity index (χ1n) is 5.37. The smallest absolute Gasteiger partial charge is 0.136 e. The highest BCUT2D eigenvalue weighted by Gasteiger charge is 2.18. The fourth-order valence-corrected chi connectivity index (χ4v) is 2.33. The monoisotopic (exact) mass is 201 g/mol. The first kappa shape index (κ1) is 10.0. The van der Waals surface area contributed by atoms with E-state index in [4.69, 9.17) is 10.00 Å². The van der Waals surface area contributed by atoms with Crippen LogP contribution in [0.1, 0.15) is 42.4 Å². The summed E-state index contributed by atoms with van der Waals surface area (Å²) in [6.45, 7) is 2.24. The zero-order valence-electron chi connectivity index (χ0n) is 9.21. The van der Waals surface area contributed by atoms with E-state index in [9.17, 15) is 0 Å². The molecule has 2 nitrogen and oxygen atoms in total. The number of aryl methyl sites for hydroxylation is 1. The second-order valence-corrected chi connectivity index (χ2v) is 4.16. The lowest BCUT2D eigenvalue weighted by atomic mass is 9.83. The van der Waals surface area contributed by atoms with Gasteiger partial charge in [-0.3, -0.25) is 0 Å². The van der Waals surface area contributed by atoms with Crippen molar-refractivity contribution >= 4 is 0 Å². The molecule has 0 aliphatic heterocycles. The van der Waals surface area contributed by atoms with Gasteiger partial charge in [0, 0.05) is 0 Å². The SMILES string of the molecule is COc1cc2c(cc1C#N)CCC[C@@H]2C. The average molecular weight is 201 g/mol. The minimum absolute atomic E-state index is 0.593. The Balaban J connectivity index is 2.54. The zero-order chi connectivity index (χ0) is 10.8. The summed E-state index contributed by atoms with van der Waals surface area (Å²) in [6.07, 6.45) is 3.56. The molecule has 0 heterocycles. The van der Waals surface area contributed by atoms with E-state index in [0.29, 0.717) is 17.2 Å². The second-order valence-electron chi connectivity index (χ2n) is 4.16. The summed E-state index contributed by atoms with van der Waals surface area (Å²) < 4.78 is 5.23. The van der Waals surface area contributed by atoms with Crippen molar-refractivity contribution in [3.63, 3.8) is 0 Å². The van der Waals surface area contributed by atoms with Crippen LogP contribution in [0.5, 0.6) is 5.75 Å². The second kappa shape index (κ2) is 3.94. The Morgan fingerprint density at radius 3 is 2.93 bits per heavy atom. The van der Waals surface area contributed by atoms with Gasteiger partial charge in [-0.05, 0) is 48.4 Å². The standard InChI is InChI=1S/C13H15NO/c1-9-4-3-5-10-6-11(8-14)13(15-2)7-12(9)10/h6-7,9H,3-5H2,1-2H3/t9-/m0/s1. The summed E-state index contributed by atoms with van der Waals surface area (Å²) in [6, 6.07) is 6.22. The molecule has 1 aromatic rings. The van der Waals surface area contributed by atoms with Gasteiger partial charge in [0.1, 0.15) is 11.8 Å². The van der Waals surface area contributed by atoms with Crippen molar-refractivity contribution in [2.75, 3.05) is 7.11 Å². The summed E-state index contributed by atoms with van der Waals surface area (Å²) in [5.41, 5.74) is 3.34. The van der Waals surface area contributed by atoms with Crippen LogP contribution >= 0.6 is 0 Å². The average Bonchev–Trinajstić information content (AvgIpc) is 2.28. The topological polar surface area (TPSA) is 33.0 Å². The number of fused-ring (bicyclic) bond motifs is 1. The van der Waals surface area contributed by atoms with Crippen LogP contribution in [-0.2, 0) is 6.42 Å². The summed E-state index contributed by atoms with van der Waals surface area (Å²) in [5.74, 6) is 1.31. The normalized spacial score (nSPS) is 19.1. The molecule has 0 spiro atoms. The van der Waals surface area contributed by atoms with E-state index in [-0.39, 0.29) is 0 Å². The molecule has 15 heavy (non-hydrogen) atoms. The molecule has 0 aromatic heterocycles. The molecule has 1 aliphatic carbocycles. The van der Waals surface area contributed by atoms with Gasteiger partial charge >= 0.3 is 0 Å². The number of nitriles is 1. The number of benzene rings is 1. The number of nitrogens with zero attached hydrogens (tertiary/aromatic N) is 1. The van der Waals surface area contributed by atoms with Crippen molar-refractivity contribution in [1.82, 2.24) is 0 Å². The van der Waals surface area contributed by atoms with Crippen LogP contribution in [-0.4, -0.2) is 7.11 Å². The van der Waals surface area contributed by atoms with Crippen molar-refractivity contribution < 1.29 is 4.74 Å². The molecule has 0 fully saturated rings. The third-order valence-electron chi connectivity index (χ3n) is 3.20. The van der Waals surface area contributed by atoms with Crippen LogP contribution < -0.4 is 4.74 Å². The molecule has 0 N–H and O–H groups in total. The Bertz CT molecular complexity index is 417. The van der Waals surface area contributed by atoms with E-state index >= 15 is 0 Å². The largest absolute Gasteiger partial charge is 0.495 e. The first-order chi connectivity index (χ1) is 7.26. The van der Waals surface area contributed by atoms with Crippen LogP contribution in [0.25, 0.3) is 0 Å². The molecule has 0 saturated carbocycles. The quantitative estimate of drug-likeness (QED) is 0.699. The Morgan fingerprint density at radius 2 is 2.27 bits per heavy atom. The summed E-state index contributed by atoms with van der Waals surface area (Å²) in [5, 5.41) is 8.99. The molecule has 0 amide bonds. The lowest BCUT2D eigenvalue weighted by Crippen LogP contribution is -2.08. The van der Waals surface area contributed by atoms with Crippen LogP contribution in [0, 0.1) is 11.3 Å². The Kier molecular flexibility index (Phi) is 2.64. The third kappa shape index (κ3) is 1.70. The van der Waals surface area contributed by atoms with E-state index in [1.54, 1.807) is 7.11 Å². The van der Waals surface area contributed by atoms with Gasteiger partial charge in [0.05, 0.1) is 12.7 Å². The Labute approximate surface area is 90.5 Å². The van der Waals surface area contributed by atoms with Crippen LogP contribution in [0.3, 0.4) is 0 Å². The van der Waals surface area contributed by atoms with Gasteiger partial charge in [0.25, 0.3) is 0 Å². The highest BCUT2D eigenvalue weighted by atomic mass is 16.5. The van der Waals surface area contributed by atoms with Gasteiger partial charge in [-0.1, -0.05) is 6.92 Å². The number of rotatable bonds is 1. The van der Waals surface area contributed by atoms with Gasteiger partial charge in [0.15, 0.2) is 0 Å². The predicted molar refractivity (Wildman–Crippen MR) is 59.1 cm³/mol. The van der Waals surface area contributed by atoms with Crippen LogP contribution in [0.2, 0.25) is 0 Å². The molecule has 2 heteroatoms. The van der Waals surface area contributed by atoms with E-state index in [0.717, 1.165) is 6.42 Å². The van der Waals surface area contributed by atoms with Gasteiger partial charge in [-0.25, -0.2) is 0 Å². The van der Waals surface area contributed by atoms with Gasteiger partial charge < -0.3 is 4.74 Å². The Morgan fingerprint density at radius 1 is 1.47 bits per heavy atom. The van der Waals surface area contributed by atoms with Crippen molar-refractivity contribution in [2.45, 2.75) is 32.1 Å². The van der Waals surface area contributed by atoms with E-state index < -0.39 is 0 Å². The van der Waals surface area contributed by atoms with Gasteiger partial charge in [-0.2, -0.15) is 5.26 Å². The third-order valence-corrected chi connectivity index (χ3v) is 3.20. The molecule has 0 radical (unpaired) electrons. The summed E-state index contributed by atoms with van der Waals surface area (Å²) >= 11 is 0. The summed E-state index contributed by atoms with van der Waals surface area (Å²) in [7, 11) is 1.62. The van der Waals surface area contributed by atoms with Crippen molar-refractivity contribution in [2.24, 2.45) is 0 Å². The maximum atomic E-state index is 8.99. The molecule has 1 aliphatic rings. The highest BCUT2D eigenvalue weighted by molar-refractivity contribution is 5.50. The fourth-order valence-electron chi connectivity index (χ4n) is 2.33. The van der Waals surface area contributed by atoms with Crippen molar-refractivity contribution in [1.29, 1.82) is 5.26 Å². The first-order valence-corrected chi connectivity index (χ1v) is 5.37. The number of methoxy groups -OCH3 is 1. The molecule has 0 bridgehead atoms. The molecular formula is C13H15NO. The molecule has 0 unspecified atom stereocenters. The number of hydrogen-bond acceptors (Lipinski definition) is 2. The van der Waals surface area contributed by atoms with Gasteiger partial charge in [0.2, 0.25) is 0 Å². The molecule has 78 valence electrons. The number of ether oxygens (including phenoxy) is 1. The molecule has 1 aromatic carbocycles. The molecule has 2 rings (SSSR count). The van der Waals surface area contributed by atoms with Crippen LogP contribution in [0.4, 0.5) is 0 Å². The lowest BCUT2D eigenvalue weighted by molar-refractivity contribution is 0.411. The number of hydrogen-bond donors (Lipinski definition) is 0. The lowest BCUT2D eigenvalue weighted by Gasteiger charge is -2.23. The minimum Gasteiger partial charge on any atom is -0.495 e. The minimum atomic E-state index is 0.593. The predicted octanol–water partition coefficient (Wildman–Crippen LogP) is 3.01. The van der Waals surface area contributed by atoms with E-state index in [2.05, 4.69) is 13.0 Å². The van der Waals surface area contributed by atoms with Gasteiger partial charge in [-0.15, -0.1) is 0 Å². The maximum absolute atomic E-state index is 8.99. The maximum Gasteiger partial charge on any atom is 0.136 e. The molecular weight excluding hydrogens is 186 g/mol. The van der Waals surface area contributed by atoms with Crippen molar-refractivity contribution in [3.05, 3.63) is 28.8 Å². The summed E-state index contributed by atoms with van der Waals surface area (Å²) in [4.78, 5) is 0. The van der Waals surface area contributed by atoms with E-state index in [1.165, 1.54) is 24.0 Å². The molecule has 1 atom stereocenters. The van der Waals surface area contributed by atoms with Crippen LogP contribution in [0.15, 0.2) is 12.1 Å². The van der Waals surface area contributed by atoms with E-state index in [1.807, 2.05) is 12.1 Å². The highest BCUT2D eigenvalue weighted by Crippen LogP contribution is 2.35. The molecule has 0 saturated heterocycles. The zero-order valence-corrected chi connectivity index (χ0v) is 9.21. The van der Waals surface area contributed by atoms with Crippen molar-refractivity contribution in [3.8, 4) is 11.8 Å².